The zero-order valence-electron chi connectivity index (χ0n) is 19.8. The molecule has 0 saturated carbocycles. The van der Waals surface area contributed by atoms with E-state index in [1.54, 1.807) is 36.4 Å². The molecular weight excluding hydrogens is 472 g/mol. The maximum Gasteiger partial charge on any atom is 0.339 e. The third-order valence-electron chi connectivity index (χ3n) is 4.80. The molecular formula is C25H26N2O7S. The lowest BCUT2D eigenvalue weighted by Crippen LogP contribution is -2.17. The SMILES string of the molecule is CCOc1cc(C(=O)N/N=C/c2ccc(OS(=O)(=O)c3ccc(C)cc3)c(OC)c2)ccc1OC. The van der Waals surface area contributed by atoms with Crippen LogP contribution in [0.2, 0.25) is 0 Å². The summed E-state index contributed by atoms with van der Waals surface area (Å²) in [6.07, 6.45) is 1.39. The molecule has 1 amide bonds. The van der Waals surface area contributed by atoms with Gasteiger partial charge in [-0.1, -0.05) is 17.7 Å². The summed E-state index contributed by atoms with van der Waals surface area (Å²) < 4.78 is 46.4. The van der Waals surface area contributed by atoms with Crippen molar-refractivity contribution >= 4 is 22.2 Å². The zero-order valence-corrected chi connectivity index (χ0v) is 20.6. The van der Waals surface area contributed by atoms with Gasteiger partial charge in [0.2, 0.25) is 0 Å². The van der Waals surface area contributed by atoms with Gasteiger partial charge in [-0.05, 0) is 67.9 Å². The first-order valence-electron chi connectivity index (χ1n) is 10.6. The summed E-state index contributed by atoms with van der Waals surface area (Å²) in [6, 6.07) is 15.7. The van der Waals surface area contributed by atoms with Crippen LogP contribution >= 0.6 is 0 Å². The molecule has 0 bridgehead atoms. The van der Waals surface area contributed by atoms with E-state index in [4.69, 9.17) is 18.4 Å². The van der Waals surface area contributed by atoms with E-state index in [9.17, 15) is 13.2 Å². The van der Waals surface area contributed by atoms with Crippen LogP contribution in [0.25, 0.3) is 0 Å². The monoisotopic (exact) mass is 498 g/mol. The average Bonchev–Trinajstić information content (AvgIpc) is 2.85. The van der Waals surface area contributed by atoms with Crippen molar-refractivity contribution in [1.82, 2.24) is 5.43 Å². The summed E-state index contributed by atoms with van der Waals surface area (Å²) in [5.74, 6) is 0.739. The van der Waals surface area contributed by atoms with Gasteiger partial charge in [0.15, 0.2) is 23.0 Å². The number of amides is 1. The second kappa shape index (κ2) is 11.4. The maximum atomic E-state index is 12.6. The Morgan fingerprint density at radius 2 is 1.60 bits per heavy atom. The molecule has 3 aromatic rings. The standard InChI is InChI=1S/C25H26N2O7S/c1-5-33-24-15-19(9-13-21(24)31-3)25(28)27-26-16-18-8-12-22(23(14-18)32-4)34-35(29,30)20-10-6-17(2)7-11-20/h6-16H,5H2,1-4H3,(H,27,28)/b26-16+. The number of hydrazone groups is 1. The summed E-state index contributed by atoms with van der Waals surface area (Å²) in [5, 5.41) is 3.96. The van der Waals surface area contributed by atoms with Gasteiger partial charge in [0.1, 0.15) is 4.90 Å². The van der Waals surface area contributed by atoms with E-state index < -0.39 is 16.0 Å². The second-order valence-corrected chi connectivity index (χ2v) is 8.80. The first kappa shape index (κ1) is 25.6. The number of methoxy groups -OCH3 is 2. The molecule has 0 aliphatic heterocycles. The number of ether oxygens (including phenoxy) is 3. The molecule has 9 nitrogen and oxygen atoms in total. The van der Waals surface area contributed by atoms with Crippen molar-refractivity contribution in [2.45, 2.75) is 18.7 Å². The molecule has 184 valence electrons. The fourth-order valence-electron chi connectivity index (χ4n) is 3.02. The Balaban J connectivity index is 1.71. The molecule has 0 aromatic heterocycles. The number of benzene rings is 3. The quantitative estimate of drug-likeness (QED) is 0.256. The minimum Gasteiger partial charge on any atom is -0.493 e. The topological polar surface area (TPSA) is 113 Å². The van der Waals surface area contributed by atoms with Gasteiger partial charge in [0.25, 0.3) is 5.91 Å². The number of carbonyl (C=O) groups is 1. The van der Waals surface area contributed by atoms with Crippen LogP contribution in [-0.2, 0) is 10.1 Å². The van der Waals surface area contributed by atoms with Crippen molar-refractivity contribution in [3.8, 4) is 23.0 Å². The Morgan fingerprint density at radius 3 is 2.26 bits per heavy atom. The summed E-state index contributed by atoms with van der Waals surface area (Å²) in [5.41, 5.74) is 4.26. The minimum atomic E-state index is -4.04. The van der Waals surface area contributed by atoms with Gasteiger partial charge in [-0.3, -0.25) is 4.79 Å². The van der Waals surface area contributed by atoms with Gasteiger partial charge >= 0.3 is 10.1 Å². The van der Waals surface area contributed by atoms with Gasteiger partial charge in [0.05, 0.1) is 27.0 Å². The van der Waals surface area contributed by atoms with Gasteiger partial charge in [-0.2, -0.15) is 13.5 Å². The molecule has 3 rings (SSSR count). The van der Waals surface area contributed by atoms with Crippen molar-refractivity contribution in [2.75, 3.05) is 20.8 Å². The van der Waals surface area contributed by atoms with E-state index in [1.807, 2.05) is 13.8 Å². The average molecular weight is 499 g/mol. The van der Waals surface area contributed by atoms with Crippen LogP contribution in [0.3, 0.4) is 0 Å². The molecule has 0 spiro atoms. The van der Waals surface area contributed by atoms with Gasteiger partial charge in [-0.15, -0.1) is 0 Å². The minimum absolute atomic E-state index is 0.0240. The Morgan fingerprint density at radius 1 is 0.914 bits per heavy atom. The lowest BCUT2D eigenvalue weighted by Gasteiger charge is -2.11. The molecule has 0 saturated heterocycles. The predicted molar refractivity (Wildman–Crippen MR) is 131 cm³/mol. The Labute approximate surface area is 204 Å². The highest BCUT2D eigenvalue weighted by Crippen LogP contribution is 2.31. The Bertz CT molecular complexity index is 1320. The number of hydrogen-bond acceptors (Lipinski definition) is 8. The molecule has 35 heavy (non-hydrogen) atoms. The van der Waals surface area contributed by atoms with Crippen LogP contribution in [-0.4, -0.2) is 41.4 Å². The second-order valence-electron chi connectivity index (χ2n) is 7.26. The molecule has 0 aliphatic rings. The summed E-state index contributed by atoms with van der Waals surface area (Å²) >= 11 is 0. The molecule has 0 fully saturated rings. The molecule has 0 atom stereocenters. The molecule has 10 heteroatoms. The number of rotatable bonds is 10. The van der Waals surface area contributed by atoms with Crippen molar-refractivity contribution < 1.29 is 31.6 Å². The van der Waals surface area contributed by atoms with Gasteiger partial charge in [0, 0.05) is 5.56 Å². The smallest absolute Gasteiger partial charge is 0.339 e. The molecule has 0 aliphatic carbocycles. The van der Waals surface area contributed by atoms with Crippen LogP contribution in [0.4, 0.5) is 0 Å². The summed E-state index contributed by atoms with van der Waals surface area (Å²) in [6.45, 7) is 4.12. The predicted octanol–water partition coefficient (Wildman–Crippen LogP) is 3.94. The van der Waals surface area contributed by atoms with E-state index in [2.05, 4.69) is 10.5 Å². The number of aryl methyl sites for hydroxylation is 1. The molecule has 0 heterocycles. The van der Waals surface area contributed by atoms with E-state index >= 15 is 0 Å². The Hall–Kier alpha value is -4.05. The highest BCUT2D eigenvalue weighted by atomic mass is 32.2. The van der Waals surface area contributed by atoms with Crippen LogP contribution in [0.1, 0.15) is 28.4 Å². The lowest BCUT2D eigenvalue weighted by molar-refractivity contribution is 0.0954. The third-order valence-corrected chi connectivity index (χ3v) is 6.05. The van der Waals surface area contributed by atoms with Crippen LogP contribution < -0.4 is 23.8 Å². The van der Waals surface area contributed by atoms with Crippen molar-refractivity contribution in [3.05, 3.63) is 77.4 Å². The molecule has 0 radical (unpaired) electrons. The fourth-order valence-corrected chi connectivity index (χ4v) is 3.96. The normalized spacial score (nSPS) is 11.2. The first-order valence-corrected chi connectivity index (χ1v) is 12.0. The lowest BCUT2D eigenvalue weighted by atomic mass is 10.2. The third kappa shape index (κ3) is 6.51. The van der Waals surface area contributed by atoms with Crippen molar-refractivity contribution in [3.63, 3.8) is 0 Å². The summed E-state index contributed by atoms with van der Waals surface area (Å²) in [7, 11) is -1.13. The zero-order chi connectivity index (χ0) is 25.4. The van der Waals surface area contributed by atoms with Crippen LogP contribution in [0.15, 0.2) is 70.7 Å². The van der Waals surface area contributed by atoms with Crippen LogP contribution in [0, 0.1) is 6.92 Å². The molecule has 3 aromatic carbocycles. The largest absolute Gasteiger partial charge is 0.493 e. The Kier molecular flexibility index (Phi) is 8.32. The van der Waals surface area contributed by atoms with E-state index in [-0.39, 0.29) is 16.4 Å². The van der Waals surface area contributed by atoms with E-state index in [0.29, 0.717) is 29.2 Å². The number of nitrogens with zero attached hydrogens (tertiary/aromatic N) is 1. The van der Waals surface area contributed by atoms with E-state index in [1.165, 1.54) is 44.7 Å². The number of hydrogen-bond donors (Lipinski definition) is 1. The highest BCUT2D eigenvalue weighted by Gasteiger charge is 2.19. The van der Waals surface area contributed by atoms with Crippen molar-refractivity contribution in [1.29, 1.82) is 0 Å². The maximum absolute atomic E-state index is 12.6. The fraction of sp³-hybridized carbons (Fsp3) is 0.200. The van der Waals surface area contributed by atoms with Crippen molar-refractivity contribution in [2.24, 2.45) is 5.10 Å². The number of nitrogens with one attached hydrogen (secondary N) is 1. The van der Waals surface area contributed by atoms with E-state index in [0.717, 1.165) is 5.56 Å². The summed E-state index contributed by atoms with van der Waals surface area (Å²) in [4.78, 5) is 12.5. The van der Waals surface area contributed by atoms with Gasteiger partial charge in [-0.25, -0.2) is 5.43 Å². The first-order chi connectivity index (χ1) is 16.8. The molecule has 1 N–H and O–H groups in total. The number of carbonyl (C=O) groups excluding carboxylic acids is 1. The molecule has 0 unspecified atom stereocenters. The van der Waals surface area contributed by atoms with Crippen LogP contribution in [0.5, 0.6) is 23.0 Å². The highest BCUT2D eigenvalue weighted by molar-refractivity contribution is 7.87. The van der Waals surface area contributed by atoms with Gasteiger partial charge < -0.3 is 18.4 Å².